The maximum absolute atomic E-state index is 13.6. The Bertz CT molecular complexity index is 484. The summed E-state index contributed by atoms with van der Waals surface area (Å²) in [7, 11) is 0. The molecular formula is C12H13FN2O3. The third-order valence-corrected chi connectivity index (χ3v) is 2.87. The zero-order chi connectivity index (χ0) is 13.1. The van der Waals surface area contributed by atoms with Gasteiger partial charge in [0.2, 0.25) is 5.91 Å². The molecule has 96 valence electrons. The van der Waals surface area contributed by atoms with Crippen LogP contribution in [0.4, 0.5) is 10.1 Å². The number of nitrogens with one attached hydrogen (secondary N) is 2. The molecule has 3 N–H and O–H groups in total. The second kappa shape index (κ2) is 5.14. The highest BCUT2D eigenvalue weighted by atomic mass is 19.1. The van der Waals surface area contributed by atoms with Crippen molar-refractivity contribution in [3.63, 3.8) is 0 Å². The van der Waals surface area contributed by atoms with Crippen molar-refractivity contribution < 1.29 is 19.1 Å². The van der Waals surface area contributed by atoms with Gasteiger partial charge in [-0.1, -0.05) is 6.07 Å². The summed E-state index contributed by atoms with van der Waals surface area (Å²) in [5.41, 5.74) is -0.523. The molecule has 0 saturated carbocycles. The number of halogens is 1. The van der Waals surface area contributed by atoms with Gasteiger partial charge in [0.15, 0.2) is 0 Å². The van der Waals surface area contributed by atoms with E-state index in [1.165, 1.54) is 12.1 Å². The van der Waals surface area contributed by atoms with Crippen LogP contribution in [0.3, 0.4) is 0 Å². The molecule has 1 saturated heterocycles. The number of carbonyl (C=O) groups is 2. The summed E-state index contributed by atoms with van der Waals surface area (Å²) < 4.78 is 13.6. The molecule has 0 aliphatic carbocycles. The lowest BCUT2D eigenvalue weighted by molar-refractivity contribution is -0.117. The molecule has 1 fully saturated rings. The first-order valence-corrected chi connectivity index (χ1v) is 5.65. The van der Waals surface area contributed by atoms with E-state index in [9.17, 15) is 14.0 Å². The highest BCUT2D eigenvalue weighted by Gasteiger charge is 2.24. The Morgan fingerprint density at radius 2 is 2.22 bits per heavy atom. The van der Waals surface area contributed by atoms with Crippen molar-refractivity contribution in [1.29, 1.82) is 0 Å². The van der Waals surface area contributed by atoms with Crippen LogP contribution in [0.1, 0.15) is 23.2 Å². The number of carboxylic acid groups (broad SMARTS) is 1. The van der Waals surface area contributed by atoms with Gasteiger partial charge >= 0.3 is 5.97 Å². The monoisotopic (exact) mass is 252 g/mol. The summed E-state index contributed by atoms with van der Waals surface area (Å²) in [6.45, 7) is 0.737. The topological polar surface area (TPSA) is 78.4 Å². The van der Waals surface area contributed by atoms with E-state index in [1.54, 1.807) is 0 Å². The van der Waals surface area contributed by atoms with Crippen molar-refractivity contribution in [3.05, 3.63) is 29.6 Å². The Morgan fingerprint density at radius 1 is 1.44 bits per heavy atom. The third kappa shape index (κ3) is 2.48. The van der Waals surface area contributed by atoms with Gasteiger partial charge in [0, 0.05) is 0 Å². The molecule has 1 unspecified atom stereocenters. The van der Waals surface area contributed by atoms with Gasteiger partial charge in [-0.3, -0.25) is 4.79 Å². The fourth-order valence-corrected chi connectivity index (χ4v) is 1.95. The van der Waals surface area contributed by atoms with Crippen molar-refractivity contribution in [1.82, 2.24) is 5.32 Å². The molecule has 1 heterocycles. The van der Waals surface area contributed by atoms with Crippen LogP contribution in [-0.2, 0) is 4.79 Å². The minimum atomic E-state index is -1.27. The zero-order valence-corrected chi connectivity index (χ0v) is 9.57. The number of hydrogen-bond acceptors (Lipinski definition) is 3. The van der Waals surface area contributed by atoms with Crippen molar-refractivity contribution in [2.75, 3.05) is 11.9 Å². The van der Waals surface area contributed by atoms with Gasteiger partial charge in [-0.05, 0) is 31.5 Å². The van der Waals surface area contributed by atoms with Crippen molar-refractivity contribution in [3.8, 4) is 0 Å². The largest absolute Gasteiger partial charge is 0.478 e. The molecule has 1 aliphatic heterocycles. The van der Waals surface area contributed by atoms with Gasteiger partial charge in [-0.25, -0.2) is 9.18 Å². The minimum Gasteiger partial charge on any atom is -0.478 e. The number of amides is 1. The van der Waals surface area contributed by atoms with Crippen LogP contribution in [0.2, 0.25) is 0 Å². The number of carbonyl (C=O) groups excluding carboxylic acids is 1. The molecule has 1 atom stereocenters. The van der Waals surface area contributed by atoms with Crippen molar-refractivity contribution in [2.45, 2.75) is 18.9 Å². The van der Waals surface area contributed by atoms with E-state index in [1.807, 2.05) is 0 Å². The number of anilines is 1. The Morgan fingerprint density at radius 3 is 2.83 bits per heavy atom. The summed E-state index contributed by atoms with van der Waals surface area (Å²) in [4.78, 5) is 22.8. The molecule has 1 amide bonds. The Labute approximate surface area is 103 Å². The summed E-state index contributed by atoms with van der Waals surface area (Å²) >= 11 is 0. The Balaban J connectivity index is 2.22. The van der Waals surface area contributed by atoms with Crippen molar-refractivity contribution in [2.24, 2.45) is 0 Å². The fraction of sp³-hybridized carbons (Fsp3) is 0.333. The first-order valence-electron chi connectivity index (χ1n) is 5.65. The van der Waals surface area contributed by atoms with Gasteiger partial charge < -0.3 is 15.7 Å². The van der Waals surface area contributed by atoms with Gasteiger partial charge in [-0.2, -0.15) is 0 Å². The Kier molecular flexibility index (Phi) is 3.57. The molecule has 1 aromatic rings. The standard InChI is InChI=1S/C12H13FN2O3/c13-8-4-1-3-7(12(17)18)10(8)15-11(16)9-5-2-6-14-9/h1,3-4,9,14H,2,5-6H2,(H,15,16)(H,17,18). The number of hydrogen-bond donors (Lipinski definition) is 3. The number of benzene rings is 1. The molecule has 0 bridgehead atoms. The lowest BCUT2D eigenvalue weighted by Crippen LogP contribution is -2.36. The number of para-hydroxylation sites is 1. The third-order valence-electron chi connectivity index (χ3n) is 2.87. The van der Waals surface area contributed by atoms with E-state index < -0.39 is 17.7 Å². The van der Waals surface area contributed by atoms with Crippen molar-refractivity contribution >= 4 is 17.6 Å². The van der Waals surface area contributed by atoms with E-state index in [4.69, 9.17) is 5.11 Å². The molecule has 0 aromatic heterocycles. The molecule has 2 rings (SSSR count). The number of carboxylic acids is 1. The van der Waals surface area contributed by atoms with E-state index in [2.05, 4.69) is 10.6 Å². The molecule has 1 aliphatic rings. The minimum absolute atomic E-state index is 0.249. The molecule has 6 heteroatoms. The normalized spacial score (nSPS) is 18.6. The van der Waals surface area contributed by atoms with Crippen LogP contribution in [-0.4, -0.2) is 29.6 Å². The summed E-state index contributed by atoms with van der Waals surface area (Å²) in [6, 6.07) is 3.28. The summed E-state index contributed by atoms with van der Waals surface area (Å²) in [5.74, 6) is -2.43. The predicted octanol–water partition coefficient (Wildman–Crippen LogP) is 1.21. The lowest BCUT2D eigenvalue weighted by atomic mass is 10.1. The van der Waals surface area contributed by atoms with Crippen LogP contribution >= 0.6 is 0 Å². The molecule has 1 aromatic carbocycles. The van der Waals surface area contributed by atoms with Crippen LogP contribution in [0.5, 0.6) is 0 Å². The number of rotatable bonds is 3. The molecule has 0 radical (unpaired) electrons. The highest BCUT2D eigenvalue weighted by molar-refractivity contribution is 6.02. The summed E-state index contributed by atoms with van der Waals surface area (Å²) in [6.07, 6.45) is 1.55. The zero-order valence-electron chi connectivity index (χ0n) is 9.57. The van der Waals surface area contributed by atoms with Crippen LogP contribution in [0.25, 0.3) is 0 Å². The fourth-order valence-electron chi connectivity index (χ4n) is 1.95. The maximum atomic E-state index is 13.6. The van der Waals surface area contributed by atoms with Crippen LogP contribution in [0.15, 0.2) is 18.2 Å². The average molecular weight is 252 g/mol. The van der Waals surface area contributed by atoms with E-state index in [0.717, 1.165) is 19.0 Å². The average Bonchev–Trinajstić information content (AvgIpc) is 2.85. The first-order chi connectivity index (χ1) is 8.59. The lowest BCUT2D eigenvalue weighted by Gasteiger charge is -2.13. The van der Waals surface area contributed by atoms with Crippen LogP contribution < -0.4 is 10.6 Å². The molecule has 5 nitrogen and oxygen atoms in total. The van der Waals surface area contributed by atoms with Gasteiger partial charge in [0.05, 0.1) is 17.3 Å². The predicted molar refractivity (Wildman–Crippen MR) is 63.0 cm³/mol. The maximum Gasteiger partial charge on any atom is 0.337 e. The quantitative estimate of drug-likeness (QED) is 0.755. The van der Waals surface area contributed by atoms with Gasteiger partial charge in [0.1, 0.15) is 5.82 Å². The SMILES string of the molecule is O=C(O)c1cccc(F)c1NC(=O)C1CCCN1. The Hall–Kier alpha value is -1.95. The van der Waals surface area contributed by atoms with Crippen LogP contribution in [0, 0.1) is 5.82 Å². The summed E-state index contributed by atoms with van der Waals surface area (Å²) in [5, 5.41) is 14.2. The van der Waals surface area contributed by atoms with E-state index >= 15 is 0 Å². The number of aromatic carboxylic acids is 1. The second-order valence-electron chi connectivity index (χ2n) is 4.11. The molecule has 0 spiro atoms. The van der Waals surface area contributed by atoms with E-state index in [-0.39, 0.29) is 17.3 Å². The molecule has 18 heavy (non-hydrogen) atoms. The smallest absolute Gasteiger partial charge is 0.337 e. The van der Waals surface area contributed by atoms with Gasteiger partial charge in [-0.15, -0.1) is 0 Å². The van der Waals surface area contributed by atoms with Gasteiger partial charge in [0.25, 0.3) is 0 Å². The second-order valence-corrected chi connectivity index (χ2v) is 4.11. The van der Waals surface area contributed by atoms with E-state index in [0.29, 0.717) is 6.42 Å². The molecular weight excluding hydrogens is 239 g/mol. The highest BCUT2D eigenvalue weighted by Crippen LogP contribution is 2.20. The first kappa shape index (κ1) is 12.5.